The zero-order valence-corrected chi connectivity index (χ0v) is 23.7. The van der Waals surface area contributed by atoms with Gasteiger partial charge >= 0.3 is 12.4 Å². The Labute approximate surface area is 239 Å². The standard InChI is InChI=1S/C27H33F6O4P.Li/c1-4-7-13-35-18-16-21(36-14-8-5-2)24(22(17-18)37-15-9-6-3)38-25(34)23-19(26(28,29)30)11-10-12-20(23)27(31,32)33;/h10-12,16-17,38H,4-9,13-15H2,1-3H3;. The Balaban J connectivity index is 0.00000760. The smallest absolute Gasteiger partial charge is 0.417 e. The number of halogens is 6. The maximum atomic E-state index is 13.7. The van der Waals surface area contributed by atoms with Crippen LogP contribution in [-0.4, -0.2) is 44.2 Å². The van der Waals surface area contributed by atoms with Gasteiger partial charge < -0.3 is 14.2 Å². The van der Waals surface area contributed by atoms with Gasteiger partial charge in [-0.2, -0.15) is 26.3 Å². The largest absolute Gasteiger partial charge is 0.493 e. The number of alkyl halides is 6. The molecule has 213 valence electrons. The van der Waals surface area contributed by atoms with Crippen LogP contribution in [0.2, 0.25) is 0 Å². The number of ether oxygens (including phenoxy) is 3. The average Bonchev–Trinajstić information content (AvgIpc) is 2.84. The van der Waals surface area contributed by atoms with E-state index in [9.17, 15) is 31.1 Å². The molecule has 0 spiro atoms. The first kappa shape index (κ1) is 35.1. The molecule has 0 bridgehead atoms. The third kappa shape index (κ3) is 10.6. The fourth-order valence-corrected chi connectivity index (χ4v) is 4.59. The van der Waals surface area contributed by atoms with E-state index in [4.69, 9.17) is 14.2 Å². The van der Waals surface area contributed by atoms with E-state index in [-0.39, 0.29) is 48.9 Å². The van der Waals surface area contributed by atoms with E-state index in [1.165, 1.54) is 12.1 Å². The Morgan fingerprint density at radius 3 is 1.54 bits per heavy atom. The summed E-state index contributed by atoms with van der Waals surface area (Å²) >= 11 is 0. The van der Waals surface area contributed by atoms with Gasteiger partial charge in [-0.25, -0.2) is 0 Å². The van der Waals surface area contributed by atoms with Gasteiger partial charge in [0.2, 0.25) is 0 Å². The number of rotatable bonds is 15. The summed E-state index contributed by atoms with van der Waals surface area (Å²) in [5, 5.41) is 0.107. The first-order chi connectivity index (χ1) is 17.9. The van der Waals surface area contributed by atoms with E-state index in [1.54, 1.807) is 0 Å². The third-order valence-corrected chi connectivity index (χ3v) is 6.68. The molecule has 12 heteroatoms. The first-order valence-electron chi connectivity index (χ1n) is 12.6. The van der Waals surface area contributed by atoms with E-state index in [0.29, 0.717) is 43.4 Å². The molecule has 0 amide bonds. The van der Waals surface area contributed by atoms with Gasteiger partial charge in [-0.3, -0.25) is 4.79 Å². The van der Waals surface area contributed by atoms with Crippen molar-refractivity contribution in [2.24, 2.45) is 0 Å². The molecule has 0 aromatic heterocycles. The van der Waals surface area contributed by atoms with Gasteiger partial charge in [0.05, 0.1) is 36.3 Å². The third-order valence-electron chi connectivity index (χ3n) is 5.46. The molecule has 0 heterocycles. The van der Waals surface area contributed by atoms with Crippen molar-refractivity contribution < 1.29 is 45.3 Å². The Kier molecular flexibility index (Phi) is 14.8. The molecule has 0 N–H and O–H groups in total. The SMILES string of the molecule is CCCCOc1cc(OCCCC)c(PC(=O)c2c(C(F)(F)F)cccc2C(F)(F)F)c(OCCCC)c1.[Li]. The van der Waals surface area contributed by atoms with Gasteiger partial charge in [0.25, 0.3) is 0 Å². The monoisotopic (exact) mass is 573 g/mol. The van der Waals surface area contributed by atoms with Crippen LogP contribution in [0, 0.1) is 0 Å². The van der Waals surface area contributed by atoms with Crippen molar-refractivity contribution in [2.45, 2.75) is 71.6 Å². The average molecular weight is 573 g/mol. The zero-order valence-electron chi connectivity index (χ0n) is 22.7. The van der Waals surface area contributed by atoms with Gasteiger partial charge in [0.15, 0.2) is 5.52 Å². The van der Waals surface area contributed by atoms with E-state index in [1.807, 2.05) is 20.8 Å². The maximum Gasteiger partial charge on any atom is 0.417 e. The quantitative estimate of drug-likeness (QED) is 0.0937. The minimum atomic E-state index is -5.16. The summed E-state index contributed by atoms with van der Waals surface area (Å²) in [6.07, 6.45) is -5.78. The van der Waals surface area contributed by atoms with Crippen molar-refractivity contribution in [1.82, 2.24) is 0 Å². The molecule has 0 aliphatic carbocycles. The molecule has 1 unspecified atom stereocenters. The van der Waals surface area contributed by atoms with Crippen molar-refractivity contribution in [3.63, 3.8) is 0 Å². The molecular weight excluding hydrogens is 540 g/mol. The summed E-state index contributed by atoms with van der Waals surface area (Å²) in [5.74, 6) is 0.663. The molecule has 1 atom stereocenters. The van der Waals surface area contributed by atoms with Crippen LogP contribution in [0.5, 0.6) is 17.2 Å². The summed E-state index contributed by atoms with van der Waals surface area (Å²) in [6, 6.07) is 4.62. The van der Waals surface area contributed by atoms with Crippen molar-refractivity contribution in [2.75, 3.05) is 19.8 Å². The molecule has 2 aromatic rings. The minimum Gasteiger partial charge on any atom is -0.493 e. The molecule has 39 heavy (non-hydrogen) atoms. The normalized spacial score (nSPS) is 11.9. The second-order valence-electron chi connectivity index (χ2n) is 8.58. The summed E-state index contributed by atoms with van der Waals surface area (Å²) < 4.78 is 99.7. The first-order valence-corrected chi connectivity index (χ1v) is 13.6. The molecule has 1 radical (unpaired) electrons. The predicted molar refractivity (Wildman–Crippen MR) is 142 cm³/mol. The van der Waals surface area contributed by atoms with Crippen molar-refractivity contribution in [3.8, 4) is 17.2 Å². The number of unbranched alkanes of at least 4 members (excludes halogenated alkanes) is 3. The van der Waals surface area contributed by atoms with Crippen LogP contribution in [0.4, 0.5) is 26.3 Å². The van der Waals surface area contributed by atoms with E-state index < -0.39 is 43.1 Å². The number of carbonyl (C=O) groups is 1. The van der Waals surface area contributed by atoms with Crippen LogP contribution < -0.4 is 19.5 Å². The van der Waals surface area contributed by atoms with Crippen LogP contribution in [0.25, 0.3) is 0 Å². The van der Waals surface area contributed by atoms with Crippen LogP contribution in [0.3, 0.4) is 0 Å². The van der Waals surface area contributed by atoms with Gasteiger partial charge in [-0.1, -0.05) is 46.1 Å². The molecule has 0 fully saturated rings. The van der Waals surface area contributed by atoms with Crippen LogP contribution in [0.15, 0.2) is 30.3 Å². The number of hydrogen-bond acceptors (Lipinski definition) is 4. The Bertz CT molecular complexity index is 996. The molecule has 2 aromatic carbocycles. The van der Waals surface area contributed by atoms with E-state index in [2.05, 4.69) is 0 Å². The molecular formula is C27H33F6LiO4P. The van der Waals surface area contributed by atoms with Crippen LogP contribution in [0.1, 0.15) is 80.8 Å². The van der Waals surface area contributed by atoms with Gasteiger partial charge in [0.1, 0.15) is 17.2 Å². The summed E-state index contributed by atoms with van der Waals surface area (Å²) in [6.45, 7) is 6.74. The molecule has 0 aliphatic rings. The second-order valence-corrected chi connectivity index (χ2v) is 9.78. The molecule has 0 aliphatic heterocycles. The predicted octanol–water partition coefficient (Wildman–Crippen LogP) is 8.02. The van der Waals surface area contributed by atoms with Gasteiger partial charge in [-0.05, 0) is 40.0 Å². The fourth-order valence-electron chi connectivity index (χ4n) is 3.43. The van der Waals surface area contributed by atoms with Crippen molar-refractivity contribution in [1.29, 1.82) is 0 Å². The molecule has 2 rings (SSSR count). The van der Waals surface area contributed by atoms with Crippen LogP contribution in [-0.2, 0) is 12.4 Å². The molecule has 0 saturated heterocycles. The molecule has 4 nitrogen and oxygen atoms in total. The van der Waals surface area contributed by atoms with Crippen molar-refractivity contribution >= 4 is 38.3 Å². The molecule has 0 saturated carbocycles. The van der Waals surface area contributed by atoms with E-state index in [0.717, 1.165) is 25.7 Å². The number of hydrogen-bond donors (Lipinski definition) is 0. The van der Waals surface area contributed by atoms with Gasteiger partial charge in [0, 0.05) is 36.6 Å². The van der Waals surface area contributed by atoms with Crippen LogP contribution >= 0.6 is 8.58 Å². The number of benzene rings is 2. The van der Waals surface area contributed by atoms with Crippen molar-refractivity contribution in [3.05, 3.63) is 47.0 Å². The summed E-state index contributed by atoms with van der Waals surface area (Å²) in [4.78, 5) is 13.3. The van der Waals surface area contributed by atoms with Gasteiger partial charge in [-0.15, -0.1) is 0 Å². The van der Waals surface area contributed by atoms with E-state index >= 15 is 0 Å². The minimum absolute atomic E-state index is 0. The maximum absolute atomic E-state index is 13.7. The fraction of sp³-hybridized carbons (Fsp3) is 0.519. The summed E-state index contributed by atoms with van der Waals surface area (Å²) in [7, 11) is -1.12. The second kappa shape index (κ2) is 16.4. The Hall–Kier alpha value is -1.88. The summed E-state index contributed by atoms with van der Waals surface area (Å²) in [5.41, 5.74) is -5.99. The number of carbonyl (C=O) groups excluding carboxylic acids is 1. The zero-order chi connectivity index (χ0) is 28.3. The topological polar surface area (TPSA) is 44.8 Å². The Morgan fingerprint density at radius 1 is 0.744 bits per heavy atom. The Morgan fingerprint density at radius 2 is 1.15 bits per heavy atom.